The van der Waals surface area contributed by atoms with Crippen LogP contribution in [-0.2, 0) is 14.8 Å². The molecule has 1 aliphatic rings. The van der Waals surface area contributed by atoms with Crippen molar-refractivity contribution in [1.29, 1.82) is 0 Å². The van der Waals surface area contributed by atoms with Crippen molar-refractivity contribution in [2.24, 2.45) is 11.7 Å². The van der Waals surface area contributed by atoms with Gasteiger partial charge in [-0.25, -0.2) is 17.2 Å². The molecule has 1 aromatic rings. The predicted molar refractivity (Wildman–Crippen MR) is 98.7 cm³/mol. The van der Waals surface area contributed by atoms with Gasteiger partial charge in [0.25, 0.3) is 5.92 Å². The van der Waals surface area contributed by atoms with Gasteiger partial charge in [0.1, 0.15) is 5.75 Å². The lowest BCUT2D eigenvalue weighted by atomic mass is 9.97. The van der Waals surface area contributed by atoms with Gasteiger partial charge < -0.3 is 15.8 Å². The zero-order chi connectivity index (χ0) is 19.4. The van der Waals surface area contributed by atoms with Crippen LogP contribution in [0, 0.1) is 5.92 Å². The van der Waals surface area contributed by atoms with Crippen molar-refractivity contribution < 1.29 is 26.7 Å². The Morgan fingerprint density at radius 3 is 2.33 bits per heavy atom. The monoisotopic (exact) mass is 427 g/mol. The highest BCUT2D eigenvalue weighted by atomic mass is 35.5. The van der Waals surface area contributed by atoms with Gasteiger partial charge in [0, 0.05) is 19.0 Å². The van der Waals surface area contributed by atoms with E-state index in [1.807, 2.05) is 0 Å². The number of carbonyl (C=O) groups excluding carboxylic acids is 1. The number of sulfonamides is 1. The van der Waals surface area contributed by atoms with E-state index in [0.717, 1.165) is 0 Å². The third-order valence-corrected chi connectivity index (χ3v) is 6.25. The van der Waals surface area contributed by atoms with Crippen LogP contribution in [0.1, 0.15) is 12.8 Å². The Morgan fingerprint density at radius 1 is 1.30 bits per heavy atom. The van der Waals surface area contributed by atoms with E-state index in [1.165, 1.54) is 23.5 Å². The van der Waals surface area contributed by atoms with E-state index in [-0.39, 0.29) is 43.2 Å². The molecule has 3 N–H and O–H groups in total. The fourth-order valence-corrected chi connectivity index (χ4v) is 4.16. The minimum Gasteiger partial charge on any atom is -0.497 e. The number of hydrogen-bond acceptors (Lipinski definition) is 5. The molecule has 0 radical (unpaired) electrons. The van der Waals surface area contributed by atoms with Crippen molar-refractivity contribution in [1.82, 2.24) is 9.62 Å². The summed E-state index contributed by atoms with van der Waals surface area (Å²) in [6.45, 7) is -1.35. The fourth-order valence-electron chi connectivity index (χ4n) is 2.69. The summed E-state index contributed by atoms with van der Waals surface area (Å²) in [5.41, 5.74) is 4.93. The number of piperidine rings is 1. The molecule has 1 fully saturated rings. The average Bonchev–Trinajstić information content (AvgIpc) is 2.66. The van der Waals surface area contributed by atoms with E-state index >= 15 is 0 Å². The first-order valence-corrected chi connectivity index (χ1v) is 9.63. The quantitative estimate of drug-likeness (QED) is 0.681. The van der Waals surface area contributed by atoms with E-state index in [9.17, 15) is 22.0 Å². The molecule has 11 heteroatoms. The molecule has 27 heavy (non-hydrogen) atoms. The van der Waals surface area contributed by atoms with Crippen molar-refractivity contribution in [3.05, 3.63) is 24.3 Å². The number of benzene rings is 1. The summed E-state index contributed by atoms with van der Waals surface area (Å²) in [5, 5.41) is 2.19. The molecule has 0 aliphatic carbocycles. The molecule has 1 aliphatic heterocycles. The van der Waals surface area contributed by atoms with Gasteiger partial charge in [-0.2, -0.15) is 4.31 Å². The lowest BCUT2D eigenvalue weighted by Gasteiger charge is -2.30. The molecule has 0 saturated carbocycles. The number of rotatable bonds is 7. The first-order valence-electron chi connectivity index (χ1n) is 8.19. The number of methoxy groups -OCH3 is 1. The first-order chi connectivity index (χ1) is 12.2. The van der Waals surface area contributed by atoms with Crippen LogP contribution in [0.3, 0.4) is 0 Å². The molecule has 0 spiro atoms. The Labute approximate surface area is 163 Å². The molecular weight excluding hydrogens is 404 g/mol. The number of ether oxygens (including phenoxy) is 1. The highest BCUT2D eigenvalue weighted by molar-refractivity contribution is 7.89. The summed E-state index contributed by atoms with van der Waals surface area (Å²) < 4.78 is 57.8. The zero-order valence-electron chi connectivity index (χ0n) is 14.9. The van der Waals surface area contributed by atoms with Crippen LogP contribution < -0.4 is 15.8 Å². The maximum Gasteiger partial charge on any atom is 0.277 e. The van der Waals surface area contributed by atoms with Gasteiger partial charge in [0.2, 0.25) is 15.9 Å². The second-order valence-electron chi connectivity index (χ2n) is 6.13. The van der Waals surface area contributed by atoms with Gasteiger partial charge in [0.05, 0.1) is 25.1 Å². The highest BCUT2D eigenvalue weighted by Gasteiger charge is 2.33. The van der Waals surface area contributed by atoms with Gasteiger partial charge in [-0.3, -0.25) is 4.79 Å². The maximum absolute atomic E-state index is 13.1. The number of halogens is 3. The molecule has 2 rings (SSSR count). The number of nitrogens with zero attached hydrogens (tertiary/aromatic N) is 1. The van der Waals surface area contributed by atoms with Crippen molar-refractivity contribution >= 4 is 28.3 Å². The molecular formula is C16H24ClF2N3O4S. The molecule has 7 nitrogen and oxygen atoms in total. The summed E-state index contributed by atoms with van der Waals surface area (Å²) in [5.74, 6) is -3.59. The second-order valence-corrected chi connectivity index (χ2v) is 8.07. The first kappa shape index (κ1) is 23.5. The molecule has 1 aromatic carbocycles. The number of nitrogens with two attached hydrogens (primary N) is 1. The predicted octanol–water partition coefficient (Wildman–Crippen LogP) is 1.23. The Balaban J connectivity index is 0.00000364. The Kier molecular flexibility index (Phi) is 8.40. The fraction of sp³-hybridized carbons (Fsp3) is 0.562. The number of nitrogens with one attached hydrogen (secondary N) is 1. The molecule has 0 aromatic heterocycles. The number of carbonyl (C=O) groups is 1. The van der Waals surface area contributed by atoms with E-state index in [4.69, 9.17) is 10.5 Å². The lowest BCUT2D eigenvalue weighted by molar-refractivity contribution is -0.127. The van der Waals surface area contributed by atoms with E-state index in [1.54, 1.807) is 12.1 Å². The normalized spacial score (nSPS) is 16.4. The summed E-state index contributed by atoms with van der Waals surface area (Å²) >= 11 is 0. The van der Waals surface area contributed by atoms with Crippen LogP contribution >= 0.6 is 12.4 Å². The molecule has 0 unspecified atom stereocenters. The molecule has 0 atom stereocenters. The molecule has 154 valence electrons. The molecule has 0 bridgehead atoms. The number of alkyl halides is 2. The van der Waals surface area contributed by atoms with Crippen LogP contribution in [0.25, 0.3) is 0 Å². The van der Waals surface area contributed by atoms with Crippen LogP contribution in [0.4, 0.5) is 8.78 Å². The SMILES string of the molecule is COc1ccc(S(=O)(=O)N2CCC(C(=O)NCC(F)(F)CN)CC2)cc1.Cl. The van der Waals surface area contributed by atoms with Crippen molar-refractivity contribution in [2.45, 2.75) is 23.7 Å². The van der Waals surface area contributed by atoms with Gasteiger partial charge in [-0.1, -0.05) is 0 Å². The average molecular weight is 428 g/mol. The summed E-state index contributed by atoms with van der Waals surface area (Å²) in [6.07, 6.45) is 0.546. The van der Waals surface area contributed by atoms with Crippen molar-refractivity contribution in [3.8, 4) is 5.75 Å². The van der Waals surface area contributed by atoms with Gasteiger partial charge in [-0.05, 0) is 37.1 Å². The Hall–Kier alpha value is -1.49. The molecule has 1 heterocycles. The smallest absolute Gasteiger partial charge is 0.277 e. The van der Waals surface area contributed by atoms with E-state index in [2.05, 4.69) is 5.32 Å². The van der Waals surface area contributed by atoms with Crippen LogP contribution in [-0.4, -0.2) is 57.8 Å². The van der Waals surface area contributed by atoms with Crippen LogP contribution in [0.15, 0.2) is 29.2 Å². The zero-order valence-corrected chi connectivity index (χ0v) is 16.5. The summed E-state index contributed by atoms with van der Waals surface area (Å²) in [7, 11) is -2.18. The summed E-state index contributed by atoms with van der Waals surface area (Å²) in [6, 6.07) is 6.04. The standard InChI is InChI=1S/C16H23F2N3O4S.ClH/c1-25-13-2-4-14(5-3-13)26(23,24)21-8-6-12(7-9-21)15(22)20-11-16(17,18)10-19;/h2-5,12H,6-11,19H2,1H3,(H,20,22);1H. The van der Waals surface area contributed by atoms with Crippen LogP contribution in [0.5, 0.6) is 5.75 Å². The van der Waals surface area contributed by atoms with Crippen molar-refractivity contribution in [3.63, 3.8) is 0 Å². The minimum atomic E-state index is -3.67. The third-order valence-electron chi connectivity index (χ3n) is 4.34. The minimum absolute atomic E-state index is 0. The van der Waals surface area contributed by atoms with Gasteiger partial charge >= 0.3 is 0 Å². The highest BCUT2D eigenvalue weighted by Crippen LogP contribution is 2.25. The topological polar surface area (TPSA) is 102 Å². The molecule has 1 amide bonds. The Morgan fingerprint density at radius 2 is 1.85 bits per heavy atom. The van der Waals surface area contributed by atoms with Gasteiger partial charge in [-0.15, -0.1) is 12.4 Å². The largest absolute Gasteiger partial charge is 0.497 e. The second kappa shape index (κ2) is 9.63. The third kappa shape index (κ3) is 6.00. The number of amides is 1. The Bertz CT molecular complexity index is 724. The van der Waals surface area contributed by atoms with Gasteiger partial charge in [0.15, 0.2) is 0 Å². The maximum atomic E-state index is 13.1. The molecule has 1 saturated heterocycles. The number of hydrogen-bond donors (Lipinski definition) is 2. The summed E-state index contributed by atoms with van der Waals surface area (Å²) in [4.78, 5) is 12.1. The van der Waals surface area contributed by atoms with E-state index < -0.39 is 40.9 Å². The van der Waals surface area contributed by atoms with E-state index in [0.29, 0.717) is 5.75 Å². The lowest BCUT2D eigenvalue weighted by Crippen LogP contribution is -2.46. The van der Waals surface area contributed by atoms with Crippen molar-refractivity contribution in [2.75, 3.05) is 33.3 Å². The van der Waals surface area contributed by atoms with Crippen LogP contribution in [0.2, 0.25) is 0 Å².